The molecular weight excluding hydrogens is 370 g/mol. The van der Waals surface area contributed by atoms with Gasteiger partial charge in [0.05, 0.1) is 11.2 Å². The first-order valence-corrected chi connectivity index (χ1v) is 9.95. The summed E-state index contributed by atoms with van der Waals surface area (Å²) >= 11 is 0. The summed E-state index contributed by atoms with van der Waals surface area (Å²) in [7, 11) is -3.93. The van der Waals surface area contributed by atoms with E-state index in [1.54, 1.807) is 12.1 Å². The second kappa shape index (κ2) is 7.40. The minimum Gasteiger partial charge on any atom is -0.457 e. The van der Waals surface area contributed by atoms with Gasteiger partial charge in [0.15, 0.2) is 11.5 Å². The number of nitrogens with zero attached hydrogens (tertiary/aromatic N) is 1. The van der Waals surface area contributed by atoms with Gasteiger partial charge in [0, 0.05) is 19.0 Å². The lowest BCUT2D eigenvalue weighted by Crippen LogP contribution is -2.38. The molecule has 0 radical (unpaired) electrons. The quantitative estimate of drug-likeness (QED) is 0.704. The highest BCUT2D eigenvalue weighted by atomic mass is 32.2. The molecule has 7 nitrogen and oxygen atoms in total. The summed E-state index contributed by atoms with van der Waals surface area (Å²) in [5.41, 5.74) is 0.0254. The fraction of sp³-hybridized carbons (Fsp3) is 0.263. The molecule has 8 heteroatoms. The highest BCUT2D eigenvalue weighted by Gasteiger charge is 2.40. The van der Waals surface area contributed by atoms with E-state index >= 15 is 0 Å². The first-order valence-electron chi connectivity index (χ1n) is 8.51. The molecule has 1 aliphatic rings. The highest BCUT2D eigenvalue weighted by Crippen LogP contribution is 2.38. The van der Waals surface area contributed by atoms with Crippen molar-refractivity contribution in [1.82, 2.24) is 4.31 Å². The lowest BCUT2D eigenvalue weighted by Gasteiger charge is -2.32. The number of fused-ring (bicyclic) bond motifs is 1. The molecule has 0 unspecified atom stereocenters. The van der Waals surface area contributed by atoms with Crippen molar-refractivity contribution in [3.05, 3.63) is 59.7 Å². The van der Waals surface area contributed by atoms with E-state index in [9.17, 15) is 18.0 Å². The average molecular weight is 389 g/mol. The molecule has 0 spiro atoms. The minimum absolute atomic E-state index is 0.00616. The number of hydrogen-bond donors (Lipinski definition) is 0. The summed E-state index contributed by atoms with van der Waals surface area (Å²) in [6, 6.07) is 9.10. The molecular formula is C19H19NO6S. The van der Waals surface area contributed by atoms with Gasteiger partial charge in [-0.25, -0.2) is 13.2 Å². The van der Waals surface area contributed by atoms with Crippen LogP contribution in [0, 0.1) is 0 Å². The van der Waals surface area contributed by atoms with Gasteiger partial charge in [0.25, 0.3) is 10.0 Å². The number of ketones is 1. The van der Waals surface area contributed by atoms with Crippen LogP contribution in [0.1, 0.15) is 42.8 Å². The molecule has 1 aromatic heterocycles. The van der Waals surface area contributed by atoms with Gasteiger partial charge in [0.2, 0.25) is 5.76 Å². The van der Waals surface area contributed by atoms with Crippen LogP contribution in [0.25, 0.3) is 5.76 Å². The lowest BCUT2D eigenvalue weighted by atomic mass is 10.1. The monoisotopic (exact) mass is 389 g/mol. The van der Waals surface area contributed by atoms with Crippen molar-refractivity contribution in [1.29, 1.82) is 0 Å². The molecule has 0 aliphatic carbocycles. The van der Waals surface area contributed by atoms with Gasteiger partial charge in [-0.15, -0.1) is 0 Å². The standard InChI is InChI=1S/C19H19NO6S/c1-3-4-11-20-17(13(2)21)18(26-19(22)15-9-7-12-25-15)14-8-5-6-10-16(14)27(20,23)24/h5-10,12H,3-4,11H2,1-2H3. The molecule has 142 valence electrons. The van der Waals surface area contributed by atoms with Gasteiger partial charge in [-0.3, -0.25) is 9.10 Å². The Labute approximate surface area is 157 Å². The molecule has 0 atom stereocenters. The van der Waals surface area contributed by atoms with Crippen molar-refractivity contribution in [3.8, 4) is 0 Å². The van der Waals surface area contributed by atoms with Gasteiger partial charge in [0.1, 0.15) is 5.70 Å². The molecule has 0 saturated heterocycles. The number of carbonyl (C=O) groups excluding carboxylic acids is 2. The van der Waals surface area contributed by atoms with E-state index < -0.39 is 21.8 Å². The van der Waals surface area contributed by atoms with Crippen LogP contribution in [-0.2, 0) is 19.6 Å². The lowest BCUT2D eigenvalue weighted by molar-refractivity contribution is -0.114. The maximum atomic E-state index is 13.1. The number of rotatable bonds is 6. The molecule has 1 aromatic carbocycles. The first-order chi connectivity index (χ1) is 12.9. The van der Waals surface area contributed by atoms with E-state index in [2.05, 4.69) is 0 Å². The summed E-state index contributed by atoms with van der Waals surface area (Å²) in [5.74, 6) is -1.44. The van der Waals surface area contributed by atoms with E-state index in [1.807, 2.05) is 6.92 Å². The van der Waals surface area contributed by atoms with Gasteiger partial charge in [-0.1, -0.05) is 25.5 Å². The number of Topliss-reactive ketones (excluding diaryl/α,β-unsaturated/α-hetero) is 1. The molecule has 0 amide bonds. The number of ether oxygens (including phenoxy) is 1. The Morgan fingerprint density at radius 2 is 1.89 bits per heavy atom. The zero-order valence-electron chi connectivity index (χ0n) is 15.0. The van der Waals surface area contributed by atoms with Crippen LogP contribution in [0.4, 0.5) is 0 Å². The topological polar surface area (TPSA) is 93.9 Å². The van der Waals surface area contributed by atoms with E-state index in [4.69, 9.17) is 9.15 Å². The maximum Gasteiger partial charge on any atom is 0.379 e. The van der Waals surface area contributed by atoms with Gasteiger partial charge in [-0.05, 0) is 30.7 Å². The Balaban J connectivity index is 2.20. The molecule has 2 heterocycles. The maximum absolute atomic E-state index is 13.1. The van der Waals surface area contributed by atoms with Crippen LogP contribution in [0.5, 0.6) is 0 Å². The molecule has 0 bridgehead atoms. The second-order valence-corrected chi connectivity index (χ2v) is 7.86. The number of hydrogen-bond acceptors (Lipinski definition) is 6. The number of furan rings is 1. The Morgan fingerprint density at radius 1 is 1.15 bits per heavy atom. The van der Waals surface area contributed by atoms with Crippen LogP contribution in [0.3, 0.4) is 0 Å². The fourth-order valence-corrected chi connectivity index (χ4v) is 4.62. The zero-order chi connectivity index (χ0) is 19.6. The van der Waals surface area contributed by atoms with Crippen LogP contribution >= 0.6 is 0 Å². The molecule has 2 aromatic rings. The predicted octanol–water partition coefficient (Wildman–Crippen LogP) is 3.20. The second-order valence-electron chi connectivity index (χ2n) is 6.03. The number of allylic oxidation sites excluding steroid dienone is 1. The van der Waals surface area contributed by atoms with Crippen molar-refractivity contribution in [2.24, 2.45) is 0 Å². The molecule has 27 heavy (non-hydrogen) atoms. The van der Waals surface area contributed by atoms with E-state index in [1.165, 1.54) is 37.5 Å². The number of unbranched alkanes of at least 4 members (excludes halogenated alkanes) is 1. The summed E-state index contributed by atoms with van der Waals surface area (Å²) in [4.78, 5) is 24.8. The number of benzene rings is 1. The third-order valence-corrected chi connectivity index (χ3v) is 5.99. The molecule has 0 fully saturated rings. The minimum atomic E-state index is -3.93. The van der Waals surface area contributed by atoms with Gasteiger partial charge in [-0.2, -0.15) is 0 Å². The molecule has 0 saturated carbocycles. The van der Waals surface area contributed by atoms with E-state index in [-0.39, 0.29) is 34.2 Å². The summed E-state index contributed by atoms with van der Waals surface area (Å²) in [5, 5.41) is 0. The van der Waals surface area contributed by atoms with Crippen LogP contribution in [0.2, 0.25) is 0 Å². The van der Waals surface area contributed by atoms with Crippen molar-refractivity contribution < 1.29 is 27.2 Å². The highest BCUT2D eigenvalue weighted by molar-refractivity contribution is 7.89. The Kier molecular flexibility index (Phi) is 5.18. The Bertz CT molecular complexity index is 1000. The molecule has 0 N–H and O–H groups in total. The van der Waals surface area contributed by atoms with Crippen LogP contribution in [0.15, 0.2) is 57.7 Å². The largest absolute Gasteiger partial charge is 0.457 e. The zero-order valence-corrected chi connectivity index (χ0v) is 15.8. The Morgan fingerprint density at radius 3 is 2.52 bits per heavy atom. The number of esters is 1. The van der Waals surface area contributed by atoms with Crippen molar-refractivity contribution >= 4 is 27.5 Å². The van der Waals surface area contributed by atoms with Crippen molar-refractivity contribution in [3.63, 3.8) is 0 Å². The number of carbonyl (C=O) groups is 2. The third-order valence-electron chi connectivity index (χ3n) is 4.13. The van der Waals surface area contributed by atoms with Crippen molar-refractivity contribution in [2.45, 2.75) is 31.6 Å². The fourth-order valence-electron chi connectivity index (χ4n) is 2.87. The van der Waals surface area contributed by atoms with E-state index in [0.29, 0.717) is 6.42 Å². The number of sulfonamides is 1. The van der Waals surface area contributed by atoms with Gasteiger partial charge < -0.3 is 9.15 Å². The molecule has 3 rings (SSSR count). The van der Waals surface area contributed by atoms with Gasteiger partial charge >= 0.3 is 5.97 Å². The van der Waals surface area contributed by atoms with E-state index in [0.717, 1.165) is 10.7 Å². The SMILES string of the molecule is CCCCN1C(C(C)=O)=C(OC(=O)c2ccco2)c2ccccc2S1(=O)=O. The smallest absolute Gasteiger partial charge is 0.379 e. The first kappa shape index (κ1) is 18.9. The Hall–Kier alpha value is -2.87. The summed E-state index contributed by atoms with van der Waals surface area (Å²) in [6.07, 6.45) is 2.61. The molecule has 1 aliphatic heterocycles. The predicted molar refractivity (Wildman–Crippen MR) is 97.0 cm³/mol. The van der Waals surface area contributed by atoms with Crippen molar-refractivity contribution in [2.75, 3.05) is 6.54 Å². The van der Waals surface area contributed by atoms with Crippen LogP contribution < -0.4 is 0 Å². The summed E-state index contributed by atoms with van der Waals surface area (Å²) < 4.78 is 37.7. The normalized spacial score (nSPS) is 15.4. The van der Waals surface area contributed by atoms with Crippen LogP contribution in [-0.4, -0.2) is 31.0 Å². The third kappa shape index (κ3) is 3.40. The average Bonchev–Trinajstić information content (AvgIpc) is 3.17. The summed E-state index contributed by atoms with van der Waals surface area (Å²) in [6.45, 7) is 3.28.